The Kier molecular flexibility index (Phi) is 6.37. The zero-order chi connectivity index (χ0) is 12.2. The Morgan fingerprint density at radius 1 is 1.35 bits per heavy atom. The monoisotopic (exact) mass is 284 g/mol. The lowest BCUT2D eigenvalue weighted by Crippen LogP contribution is -2.41. The lowest BCUT2D eigenvalue weighted by Gasteiger charge is -2.14. The molecular formula is C10H12Cl2F2N2O. The Balaban J connectivity index is 0.00000256. The topological polar surface area (TPSA) is 55.1 Å². The van der Waals surface area contributed by atoms with Gasteiger partial charge < -0.3 is 11.1 Å². The summed E-state index contributed by atoms with van der Waals surface area (Å²) in [6.07, 6.45) is 0. The van der Waals surface area contributed by atoms with E-state index in [9.17, 15) is 13.6 Å². The first kappa shape index (κ1) is 16.1. The number of rotatable bonds is 4. The molecule has 0 bridgehead atoms. The van der Waals surface area contributed by atoms with Crippen LogP contribution in [0.4, 0.5) is 8.78 Å². The van der Waals surface area contributed by atoms with Crippen LogP contribution in [0.5, 0.6) is 0 Å². The third-order valence-corrected chi connectivity index (χ3v) is 2.16. The number of alkyl halides is 2. The minimum absolute atomic E-state index is 0. The Labute approximate surface area is 109 Å². The first-order valence-electron chi connectivity index (χ1n) is 4.56. The summed E-state index contributed by atoms with van der Waals surface area (Å²) in [6, 6.07) is 5.94. The van der Waals surface area contributed by atoms with Gasteiger partial charge in [0.25, 0.3) is 11.8 Å². The Morgan fingerprint density at radius 3 is 2.35 bits per heavy atom. The van der Waals surface area contributed by atoms with Crippen molar-refractivity contribution in [1.29, 1.82) is 0 Å². The molecule has 0 spiro atoms. The van der Waals surface area contributed by atoms with Gasteiger partial charge in [-0.1, -0.05) is 11.6 Å². The fourth-order valence-electron chi connectivity index (χ4n) is 0.985. The summed E-state index contributed by atoms with van der Waals surface area (Å²) in [5.41, 5.74) is 5.11. The average molecular weight is 285 g/mol. The van der Waals surface area contributed by atoms with E-state index >= 15 is 0 Å². The maximum absolute atomic E-state index is 12.7. The molecule has 0 atom stereocenters. The van der Waals surface area contributed by atoms with Gasteiger partial charge in [0.05, 0.1) is 13.1 Å². The van der Waals surface area contributed by atoms with Crippen LogP contribution in [0.3, 0.4) is 0 Å². The number of nitrogens with two attached hydrogens (primary N) is 1. The van der Waals surface area contributed by atoms with Crippen molar-refractivity contribution < 1.29 is 13.6 Å². The second kappa shape index (κ2) is 6.74. The molecule has 0 saturated heterocycles. The van der Waals surface area contributed by atoms with Crippen LogP contribution < -0.4 is 11.1 Å². The first-order chi connectivity index (χ1) is 7.44. The van der Waals surface area contributed by atoms with Crippen LogP contribution >= 0.6 is 24.0 Å². The lowest BCUT2D eigenvalue weighted by atomic mass is 10.2. The molecule has 0 saturated carbocycles. The highest BCUT2D eigenvalue weighted by molar-refractivity contribution is 6.30. The van der Waals surface area contributed by atoms with Gasteiger partial charge in [0.2, 0.25) is 0 Å². The standard InChI is InChI=1S/C10H11ClF2N2O.ClH/c11-8-3-1-7(2-4-8)9(16)15-6-10(12,13)5-14;/h1-4H,5-6,14H2,(H,15,16);1H. The summed E-state index contributed by atoms with van der Waals surface area (Å²) in [6.45, 7) is -1.57. The molecule has 0 unspecified atom stereocenters. The molecule has 0 fully saturated rings. The van der Waals surface area contributed by atoms with Gasteiger partial charge in [-0.25, -0.2) is 8.78 Å². The molecule has 3 N–H and O–H groups in total. The predicted octanol–water partition coefficient (Wildman–Crippen LogP) is 2.09. The van der Waals surface area contributed by atoms with E-state index in [2.05, 4.69) is 5.32 Å². The van der Waals surface area contributed by atoms with Crippen molar-refractivity contribution in [2.45, 2.75) is 5.92 Å². The maximum atomic E-state index is 12.7. The highest BCUT2D eigenvalue weighted by atomic mass is 35.5. The molecule has 7 heteroatoms. The van der Waals surface area contributed by atoms with Gasteiger partial charge in [0.1, 0.15) is 0 Å². The van der Waals surface area contributed by atoms with E-state index in [1.165, 1.54) is 24.3 Å². The van der Waals surface area contributed by atoms with Gasteiger partial charge >= 0.3 is 0 Å². The normalized spacial score (nSPS) is 10.6. The van der Waals surface area contributed by atoms with E-state index in [1.54, 1.807) is 0 Å². The fourth-order valence-corrected chi connectivity index (χ4v) is 1.11. The maximum Gasteiger partial charge on any atom is 0.277 e. The third-order valence-electron chi connectivity index (χ3n) is 1.91. The number of halogens is 4. The van der Waals surface area contributed by atoms with Gasteiger partial charge in [0, 0.05) is 10.6 Å². The van der Waals surface area contributed by atoms with Gasteiger partial charge in [-0.3, -0.25) is 4.79 Å². The summed E-state index contributed by atoms with van der Waals surface area (Å²) in [4.78, 5) is 11.4. The number of benzene rings is 1. The predicted molar refractivity (Wildman–Crippen MR) is 65.0 cm³/mol. The number of hydrogen-bond donors (Lipinski definition) is 2. The Hall–Kier alpha value is -0.910. The van der Waals surface area contributed by atoms with Crippen LogP contribution in [-0.4, -0.2) is 24.9 Å². The van der Waals surface area contributed by atoms with E-state index in [-0.39, 0.29) is 18.0 Å². The van der Waals surface area contributed by atoms with Gasteiger partial charge in [-0.15, -0.1) is 12.4 Å². The summed E-state index contributed by atoms with van der Waals surface area (Å²) < 4.78 is 25.5. The number of carbonyl (C=O) groups is 1. The minimum atomic E-state index is -3.08. The number of carbonyl (C=O) groups excluding carboxylic acids is 1. The van der Waals surface area contributed by atoms with Crippen LogP contribution in [0, 0.1) is 0 Å². The molecule has 1 aromatic rings. The van der Waals surface area contributed by atoms with Crippen molar-refractivity contribution in [3.05, 3.63) is 34.9 Å². The molecule has 0 aliphatic rings. The summed E-state index contributed by atoms with van der Waals surface area (Å²) in [5, 5.41) is 2.57. The smallest absolute Gasteiger partial charge is 0.277 e. The van der Waals surface area contributed by atoms with Crippen LogP contribution in [0.1, 0.15) is 10.4 Å². The first-order valence-corrected chi connectivity index (χ1v) is 4.94. The lowest BCUT2D eigenvalue weighted by molar-refractivity contribution is 0.0118. The molecule has 0 radical (unpaired) electrons. The van der Waals surface area contributed by atoms with Crippen molar-refractivity contribution >= 4 is 29.9 Å². The summed E-state index contributed by atoms with van der Waals surface area (Å²) >= 11 is 5.62. The molecule has 1 aromatic carbocycles. The molecule has 0 aliphatic heterocycles. The average Bonchev–Trinajstić information content (AvgIpc) is 2.27. The number of hydrogen-bond acceptors (Lipinski definition) is 2. The molecule has 3 nitrogen and oxygen atoms in total. The second-order valence-corrected chi connectivity index (χ2v) is 3.69. The van der Waals surface area contributed by atoms with Gasteiger partial charge in [0.15, 0.2) is 0 Å². The summed E-state index contributed by atoms with van der Waals surface area (Å²) in [5.74, 6) is -3.66. The van der Waals surface area contributed by atoms with E-state index in [0.29, 0.717) is 5.02 Å². The summed E-state index contributed by atoms with van der Waals surface area (Å²) in [7, 11) is 0. The minimum Gasteiger partial charge on any atom is -0.346 e. The largest absolute Gasteiger partial charge is 0.346 e. The van der Waals surface area contributed by atoms with Crippen molar-refractivity contribution in [3.8, 4) is 0 Å². The zero-order valence-electron chi connectivity index (χ0n) is 8.75. The number of amides is 1. The van der Waals surface area contributed by atoms with E-state index in [1.807, 2.05) is 0 Å². The molecule has 1 rings (SSSR count). The van der Waals surface area contributed by atoms with E-state index < -0.39 is 24.9 Å². The zero-order valence-corrected chi connectivity index (χ0v) is 10.3. The van der Waals surface area contributed by atoms with Gasteiger partial charge in [-0.05, 0) is 24.3 Å². The van der Waals surface area contributed by atoms with Crippen molar-refractivity contribution in [1.82, 2.24) is 5.32 Å². The van der Waals surface area contributed by atoms with Gasteiger partial charge in [-0.2, -0.15) is 0 Å². The van der Waals surface area contributed by atoms with Crippen molar-refractivity contribution in [2.24, 2.45) is 5.73 Å². The molecule has 0 aliphatic carbocycles. The Bertz CT molecular complexity index is 371. The van der Waals surface area contributed by atoms with Crippen LogP contribution in [0.15, 0.2) is 24.3 Å². The second-order valence-electron chi connectivity index (χ2n) is 3.25. The molecule has 1 amide bonds. The molecule has 17 heavy (non-hydrogen) atoms. The van der Waals surface area contributed by atoms with Crippen LogP contribution in [0.2, 0.25) is 5.02 Å². The quantitative estimate of drug-likeness (QED) is 0.890. The Morgan fingerprint density at radius 2 is 1.88 bits per heavy atom. The number of nitrogens with one attached hydrogen (secondary N) is 1. The van der Waals surface area contributed by atoms with E-state index in [0.717, 1.165) is 0 Å². The van der Waals surface area contributed by atoms with Crippen molar-refractivity contribution in [3.63, 3.8) is 0 Å². The molecule has 0 aromatic heterocycles. The molecular weight excluding hydrogens is 273 g/mol. The fraction of sp³-hybridized carbons (Fsp3) is 0.300. The van der Waals surface area contributed by atoms with Crippen molar-refractivity contribution in [2.75, 3.05) is 13.1 Å². The molecule has 96 valence electrons. The SMILES string of the molecule is Cl.NCC(F)(F)CNC(=O)c1ccc(Cl)cc1. The molecule has 0 heterocycles. The third kappa shape index (κ3) is 5.30. The highest BCUT2D eigenvalue weighted by Crippen LogP contribution is 2.11. The van der Waals surface area contributed by atoms with Crippen LogP contribution in [-0.2, 0) is 0 Å². The van der Waals surface area contributed by atoms with E-state index in [4.69, 9.17) is 17.3 Å². The highest BCUT2D eigenvalue weighted by Gasteiger charge is 2.27. The van der Waals surface area contributed by atoms with Crippen LogP contribution in [0.25, 0.3) is 0 Å².